The minimum absolute atomic E-state index is 0.111. The fourth-order valence-electron chi connectivity index (χ4n) is 3.70. The Morgan fingerprint density at radius 2 is 2.23 bits per heavy atom. The van der Waals surface area contributed by atoms with Crippen LogP contribution in [0.3, 0.4) is 0 Å². The van der Waals surface area contributed by atoms with Crippen molar-refractivity contribution in [1.29, 1.82) is 5.26 Å². The van der Waals surface area contributed by atoms with Gasteiger partial charge in [0.15, 0.2) is 6.10 Å². The molecule has 1 saturated heterocycles. The molecule has 164 valence electrons. The number of nitriles is 1. The molecule has 2 aliphatic rings. The lowest BCUT2D eigenvalue weighted by molar-refractivity contribution is -0.140. The molecule has 31 heavy (non-hydrogen) atoms. The number of piperidine rings is 1. The summed E-state index contributed by atoms with van der Waals surface area (Å²) in [7, 11) is 0. The van der Waals surface area contributed by atoms with Crippen LogP contribution in [0.25, 0.3) is 0 Å². The number of carbonyl (C=O) groups is 1. The fourth-order valence-corrected chi connectivity index (χ4v) is 4.17. The minimum atomic E-state index is -0.679. The van der Waals surface area contributed by atoms with Crippen LogP contribution >= 0.6 is 22.6 Å². The number of nitrogens with zero attached hydrogens (tertiary/aromatic N) is 2. The van der Waals surface area contributed by atoms with Gasteiger partial charge in [-0.15, -0.1) is 0 Å². The molecule has 0 spiro atoms. The van der Waals surface area contributed by atoms with E-state index in [-0.39, 0.29) is 17.5 Å². The Morgan fingerprint density at radius 3 is 2.90 bits per heavy atom. The Labute approximate surface area is 195 Å². The molecule has 1 aromatic rings. The molecule has 1 unspecified atom stereocenters. The molecule has 3 rings (SSSR count). The largest absolute Gasteiger partial charge is 0.507 e. The summed E-state index contributed by atoms with van der Waals surface area (Å²) >= 11 is 2.03. The fraction of sp³-hybridized carbons (Fsp3) is 0.391. The van der Waals surface area contributed by atoms with Gasteiger partial charge in [-0.2, -0.15) is 5.26 Å². The van der Waals surface area contributed by atoms with Gasteiger partial charge in [0.05, 0.1) is 27.3 Å². The Morgan fingerprint density at radius 1 is 1.48 bits per heavy atom. The summed E-state index contributed by atoms with van der Waals surface area (Å²) in [5.74, 6) is 0.0965. The first-order valence-corrected chi connectivity index (χ1v) is 11.2. The Bertz CT molecular complexity index is 960. The SMILES string of the molecule is C\C=C/C(F)=C\C=C\CC1(C#N)CCN(C(=O)C2CNc3cc(I)c(O)cc3O2)CC1. The molecule has 1 atom stereocenters. The normalized spacial score (nSPS) is 20.8. The van der Waals surface area contributed by atoms with Crippen molar-refractivity contribution in [3.05, 3.63) is 51.9 Å². The number of allylic oxidation sites excluding steroid dienone is 6. The number of anilines is 1. The lowest BCUT2D eigenvalue weighted by atomic mass is 9.77. The molecule has 0 radical (unpaired) electrons. The van der Waals surface area contributed by atoms with Crippen LogP contribution in [-0.4, -0.2) is 41.7 Å². The van der Waals surface area contributed by atoms with E-state index in [2.05, 4.69) is 11.4 Å². The summed E-state index contributed by atoms with van der Waals surface area (Å²) in [5.41, 5.74) is 0.193. The monoisotopic (exact) mass is 537 g/mol. The van der Waals surface area contributed by atoms with Gasteiger partial charge in [0, 0.05) is 19.2 Å². The average molecular weight is 537 g/mol. The molecule has 1 aromatic carbocycles. The number of hydrogen-bond donors (Lipinski definition) is 2. The maximum atomic E-state index is 13.4. The van der Waals surface area contributed by atoms with E-state index >= 15 is 0 Å². The van der Waals surface area contributed by atoms with E-state index in [0.717, 1.165) is 5.69 Å². The number of carbonyl (C=O) groups excluding carboxylic acids is 1. The first-order valence-electron chi connectivity index (χ1n) is 10.2. The molecule has 6 nitrogen and oxygen atoms in total. The molecule has 0 aliphatic carbocycles. The summed E-state index contributed by atoms with van der Waals surface area (Å²) in [6.45, 7) is 3.02. The highest BCUT2D eigenvalue weighted by Gasteiger charge is 2.38. The summed E-state index contributed by atoms with van der Waals surface area (Å²) < 4.78 is 19.9. The quantitative estimate of drug-likeness (QED) is 0.324. The van der Waals surface area contributed by atoms with Gasteiger partial charge < -0.3 is 20.1 Å². The van der Waals surface area contributed by atoms with Crippen molar-refractivity contribution in [1.82, 2.24) is 4.90 Å². The van der Waals surface area contributed by atoms with E-state index in [1.54, 1.807) is 30.0 Å². The van der Waals surface area contributed by atoms with Gasteiger partial charge in [0.1, 0.15) is 17.3 Å². The van der Waals surface area contributed by atoms with Crippen LogP contribution in [0.4, 0.5) is 10.1 Å². The molecule has 8 heteroatoms. The van der Waals surface area contributed by atoms with Crippen molar-refractivity contribution in [3.63, 3.8) is 0 Å². The van der Waals surface area contributed by atoms with E-state index in [4.69, 9.17) is 4.74 Å². The highest BCUT2D eigenvalue weighted by atomic mass is 127. The van der Waals surface area contributed by atoms with Crippen LogP contribution in [0.2, 0.25) is 0 Å². The van der Waals surface area contributed by atoms with Gasteiger partial charge in [-0.05, 0) is 67.0 Å². The predicted molar refractivity (Wildman–Crippen MR) is 125 cm³/mol. The van der Waals surface area contributed by atoms with Crippen LogP contribution in [0.1, 0.15) is 26.2 Å². The number of likely N-dealkylation sites (tertiary alicyclic amines) is 1. The molecule has 1 amide bonds. The van der Waals surface area contributed by atoms with Gasteiger partial charge in [0.25, 0.3) is 5.91 Å². The number of rotatable bonds is 5. The topological polar surface area (TPSA) is 85.6 Å². The summed E-state index contributed by atoms with van der Waals surface area (Å²) in [4.78, 5) is 14.7. The van der Waals surface area contributed by atoms with Crippen molar-refractivity contribution >= 4 is 34.2 Å². The van der Waals surface area contributed by atoms with Crippen molar-refractivity contribution in [2.45, 2.75) is 32.3 Å². The third kappa shape index (κ3) is 5.58. The molecule has 2 aliphatic heterocycles. The third-order valence-electron chi connectivity index (χ3n) is 5.57. The Balaban J connectivity index is 1.57. The van der Waals surface area contributed by atoms with Gasteiger partial charge >= 0.3 is 0 Å². The zero-order valence-electron chi connectivity index (χ0n) is 17.3. The molecule has 0 bridgehead atoms. The molecule has 0 aromatic heterocycles. The molecular weight excluding hydrogens is 512 g/mol. The number of aromatic hydroxyl groups is 1. The molecule has 2 N–H and O–H groups in total. The number of benzene rings is 1. The molecule has 0 saturated carbocycles. The summed E-state index contributed by atoms with van der Waals surface area (Å²) in [6.07, 6.45) is 8.73. The van der Waals surface area contributed by atoms with Crippen molar-refractivity contribution in [3.8, 4) is 17.6 Å². The van der Waals surface area contributed by atoms with E-state index in [1.165, 1.54) is 18.2 Å². The number of halogens is 2. The highest BCUT2D eigenvalue weighted by molar-refractivity contribution is 14.1. The van der Waals surface area contributed by atoms with Crippen LogP contribution in [0, 0.1) is 20.3 Å². The summed E-state index contributed by atoms with van der Waals surface area (Å²) in [5, 5.41) is 22.8. The second-order valence-corrected chi connectivity index (χ2v) is 8.85. The number of nitrogens with one attached hydrogen (secondary N) is 1. The third-order valence-corrected chi connectivity index (χ3v) is 6.43. The maximum absolute atomic E-state index is 13.4. The molecule has 1 fully saturated rings. The zero-order chi connectivity index (χ0) is 22.4. The van der Waals surface area contributed by atoms with E-state index < -0.39 is 11.5 Å². The lowest BCUT2D eigenvalue weighted by Gasteiger charge is -2.39. The number of fused-ring (bicyclic) bond motifs is 1. The maximum Gasteiger partial charge on any atom is 0.265 e. The average Bonchev–Trinajstić information content (AvgIpc) is 2.77. The van der Waals surface area contributed by atoms with Crippen LogP contribution < -0.4 is 10.1 Å². The Kier molecular flexibility index (Phi) is 7.59. The molecular formula is C23H25FIN3O3. The van der Waals surface area contributed by atoms with Crippen LogP contribution in [0.5, 0.6) is 11.5 Å². The predicted octanol–water partition coefficient (Wildman–Crippen LogP) is 4.68. The minimum Gasteiger partial charge on any atom is -0.507 e. The van der Waals surface area contributed by atoms with E-state index in [9.17, 15) is 19.6 Å². The van der Waals surface area contributed by atoms with Gasteiger partial charge in [-0.3, -0.25) is 4.79 Å². The lowest BCUT2D eigenvalue weighted by Crippen LogP contribution is -2.51. The van der Waals surface area contributed by atoms with E-state index in [1.807, 2.05) is 28.7 Å². The number of hydrogen-bond acceptors (Lipinski definition) is 5. The number of phenols is 1. The summed E-state index contributed by atoms with van der Waals surface area (Å²) in [6, 6.07) is 5.70. The molecule has 2 heterocycles. The first-order chi connectivity index (χ1) is 14.9. The second-order valence-electron chi connectivity index (χ2n) is 7.69. The number of ether oxygens (including phenoxy) is 1. The van der Waals surface area contributed by atoms with Gasteiger partial charge in [-0.25, -0.2) is 4.39 Å². The van der Waals surface area contributed by atoms with Crippen molar-refractivity contribution < 1.29 is 19.0 Å². The smallest absolute Gasteiger partial charge is 0.265 e. The van der Waals surface area contributed by atoms with Crippen molar-refractivity contribution in [2.24, 2.45) is 5.41 Å². The van der Waals surface area contributed by atoms with Crippen molar-refractivity contribution in [2.75, 3.05) is 25.0 Å². The highest BCUT2D eigenvalue weighted by Crippen LogP contribution is 2.38. The first kappa shape index (κ1) is 23.1. The standard InChI is InChI=1S/C23H25FIN3O3/c1-2-5-16(24)6-3-4-7-23(15-26)8-10-28(11-9-23)22(30)21-14-27-18-12-17(25)19(29)13-20(18)31-21/h2-6,12-13,21,27,29H,7-11,14H2,1H3/b4-3+,5-2-,16-6+. The number of amides is 1. The van der Waals surface area contributed by atoms with Gasteiger partial charge in [-0.1, -0.05) is 18.2 Å². The second kappa shape index (κ2) is 10.2. The van der Waals surface area contributed by atoms with E-state index in [0.29, 0.717) is 48.2 Å². The van der Waals surface area contributed by atoms with Crippen LogP contribution in [-0.2, 0) is 4.79 Å². The van der Waals surface area contributed by atoms with Gasteiger partial charge in [0.2, 0.25) is 0 Å². The van der Waals surface area contributed by atoms with Crippen LogP contribution in [0.15, 0.2) is 48.3 Å². The number of phenolic OH excluding ortho intramolecular Hbond substituents is 1. The zero-order valence-corrected chi connectivity index (χ0v) is 19.4. The Hall–Kier alpha value is -2.54.